The number of anilines is 2. The van der Waals surface area contributed by atoms with Crippen LogP contribution in [0.5, 0.6) is 0 Å². The van der Waals surface area contributed by atoms with Crippen molar-refractivity contribution in [2.45, 2.75) is 6.42 Å². The lowest BCUT2D eigenvalue weighted by atomic mass is 10.1. The SMILES string of the molecule is NCCc1ccc(Nc2ncnc3nc[nH]c23)cc1. The number of nitrogens with zero attached hydrogens (tertiary/aromatic N) is 3. The number of nitrogens with two attached hydrogens (primary N) is 1. The first-order valence-corrected chi connectivity index (χ1v) is 6.07. The van der Waals surface area contributed by atoms with Crippen molar-refractivity contribution in [2.24, 2.45) is 5.73 Å². The Morgan fingerprint density at radius 1 is 1.11 bits per heavy atom. The highest BCUT2D eigenvalue weighted by atomic mass is 15.1. The molecule has 0 saturated heterocycles. The van der Waals surface area contributed by atoms with Gasteiger partial charge in [0.2, 0.25) is 0 Å². The Morgan fingerprint density at radius 2 is 1.95 bits per heavy atom. The number of hydrogen-bond acceptors (Lipinski definition) is 5. The summed E-state index contributed by atoms with van der Waals surface area (Å²) in [6.45, 7) is 0.660. The summed E-state index contributed by atoms with van der Waals surface area (Å²) in [5.41, 5.74) is 9.17. The van der Waals surface area contributed by atoms with Gasteiger partial charge in [0.15, 0.2) is 11.5 Å². The van der Waals surface area contributed by atoms with Crippen LogP contribution in [0.15, 0.2) is 36.9 Å². The Bertz CT molecular complexity index is 673. The van der Waals surface area contributed by atoms with E-state index in [4.69, 9.17) is 5.73 Å². The van der Waals surface area contributed by atoms with E-state index < -0.39 is 0 Å². The van der Waals surface area contributed by atoms with Crippen molar-refractivity contribution in [3.05, 3.63) is 42.5 Å². The Balaban J connectivity index is 1.86. The van der Waals surface area contributed by atoms with Crippen LogP contribution < -0.4 is 11.1 Å². The molecule has 19 heavy (non-hydrogen) atoms. The lowest BCUT2D eigenvalue weighted by Crippen LogP contribution is -2.02. The second-order valence-corrected chi connectivity index (χ2v) is 4.18. The molecule has 96 valence electrons. The highest BCUT2D eigenvalue weighted by Crippen LogP contribution is 2.20. The van der Waals surface area contributed by atoms with Gasteiger partial charge in [0.25, 0.3) is 0 Å². The van der Waals surface area contributed by atoms with Crippen molar-refractivity contribution in [3.63, 3.8) is 0 Å². The van der Waals surface area contributed by atoms with Crippen molar-refractivity contribution >= 4 is 22.7 Å². The third kappa shape index (κ3) is 2.38. The third-order valence-corrected chi connectivity index (χ3v) is 2.87. The molecule has 3 aromatic rings. The van der Waals surface area contributed by atoms with Crippen LogP contribution in [-0.4, -0.2) is 26.5 Å². The number of benzene rings is 1. The molecule has 4 N–H and O–H groups in total. The van der Waals surface area contributed by atoms with E-state index in [2.05, 4.69) is 37.4 Å². The van der Waals surface area contributed by atoms with Gasteiger partial charge >= 0.3 is 0 Å². The van der Waals surface area contributed by atoms with E-state index in [1.807, 2.05) is 12.1 Å². The molecule has 0 aliphatic heterocycles. The summed E-state index contributed by atoms with van der Waals surface area (Å²) >= 11 is 0. The van der Waals surface area contributed by atoms with Crippen molar-refractivity contribution in [3.8, 4) is 0 Å². The van der Waals surface area contributed by atoms with Crippen LogP contribution in [0.25, 0.3) is 11.2 Å². The minimum absolute atomic E-state index is 0.650. The predicted octanol–water partition coefficient (Wildman–Crippen LogP) is 1.60. The van der Waals surface area contributed by atoms with Gasteiger partial charge in [-0.2, -0.15) is 0 Å². The van der Waals surface area contributed by atoms with E-state index in [1.54, 1.807) is 6.33 Å². The van der Waals surface area contributed by atoms with Crippen molar-refractivity contribution in [2.75, 3.05) is 11.9 Å². The molecule has 6 nitrogen and oxygen atoms in total. The van der Waals surface area contributed by atoms with E-state index in [1.165, 1.54) is 11.9 Å². The molecule has 1 aromatic carbocycles. The summed E-state index contributed by atoms with van der Waals surface area (Å²) in [7, 11) is 0. The van der Waals surface area contributed by atoms with Crippen molar-refractivity contribution in [1.29, 1.82) is 0 Å². The molecule has 0 aliphatic rings. The Hall–Kier alpha value is -2.47. The number of imidazole rings is 1. The zero-order valence-corrected chi connectivity index (χ0v) is 10.3. The van der Waals surface area contributed by atoms with Gasteiger partial charge in [-0.15, -0.1) is 0 Å². The molecule has 0 aliphatic carbocycles. The smallest absolute Gasteiger partial charge is 0.182 e. The molecule has 2 heterocycles. The first kappa shape index (κ1) is 11.6. The molecule has 3 rings (SSSR count). The third-order valence-electron chi connectivity index (χ3n) is 2.87. The summed E-state index contributed by atoms with van der Waals surface area (Å²) in [6.07, 6.45) is 3.99. The fourth-order valence-corrected chi connectivity index (χ4v) is 1.92. The molecule has 6 heteroatoms. The lowest BCUT2D eigenvalue weighted by molar-refractivity contribution is 0.969. The monoisotopic (exact) mass is 254 g/mol. The summed E-state index contributed by atoms with van der Waals surface area (Å²) in [4.78, 5) is 15.4. The molecule has 0 fully saturated rings. The zero-order valence-electron chi connectivity index (χ0n) is 10.3. The Labute approximate surface area is 110 Å². The van der Waals surface area contributed by atoms with Gasteiger partial charge in [-0.3, -0.25) is 0 Å². The molecule has 0 amide bonds. The number of fused-ring (bicyclic) bond motifs is 1. The van der Waals surface area contributed by atoms with Gasteiger partial charge in [-0.05, 0) is 30.7 Å². The zero-order chi connectivity index (χ0) is 13.1. The van der Waals surface area contributed by atoms with Crippen LogP contribution in [0, 0.1) is 0 Å². The van der Waals surface area contributed by atoms with Crippen LogP contribution >= 0.6 is 0 Å². The predicted molar refractivity (Wildman–Crippen MR) is 74.2 cm³/mol. The minimum Gasteiger partial charge on any atom is -0.340 e. The number of aromatic amines is 1. The molecule has 0 atom stereocenters. The van der Waals surface area contributed by atoms with Crippen LogP contribution in [0.4, 0.5) is 11.5 Å². The van der Waals surface area contributed by atoms with Crippen molar-refractivity contribution in [1.82, 2.24) is 19.9 Å². The number of aromatic nitrogens is 4. The second-order valence-electron chi connectivity index (χ2n) is 4.18. The van der Waals surface area contributed by atoms with Crippen molar-refractivity contribution < 1.29 is 0 Å². The molecule has 2 aromatic heterocycles. The maximum Gasteiger partial charge on any atom is 0.182 e. The number of hydrogen-bond donors (Lipinski definition) is 3. The van der Waals surface area contributed by atoms with Gasteiger partial charge in [-0.1, -0.05) is 12.1 Å². The first-order valence-electron chi connectivity index (χ1n) is 6.07. The van der Waals surface area contributed by atoms with Crippen LogP contribution in [0.1, 0.15) is 5.56 Å². The summed E-state index contributed by atoms with van der Waals surface area (Å²) in [5, 5.41) is 3.25. The molecule has 0 radical (unpaired) electrons. The minimum atomic E-state index is 0.650. The van der Waals surface area contributed by atoms with Gasteiger partial charge in [0.1, 0.15) is 11.8 Å². The van der Waals surface area contributed by atoms with E-state index in [9.17, 15) is 0 Å². The number of rotatable bonds is 4. The average Bonchev–Trinajstić information content (AvgIpc) is 2.91. The van der Waals surface area contributed by atoms with Gasteiger partial charge in [0, 0.05) is 5.69 Å². The number of nitrogens with one attached hydrogen (secondary N) is 2. The Morgan fingerprint density at radius 3 is 2.74 bits per heavy atom. The molecule has 0 unspecified atom stereocenters. The fourth-order valence-electron chi connectivity index (χ4n) is 1.92. The lowest BCUT2D eigenvalue weighted by Gasteiger charge is -2.06. The van der Waals surface area contributed by atoms with Gasteiger partial charge < -0.3 is 16.0 Å². The molecule has 0 bridgehead atoms. The molecular formula is C13H14N6. The summed E-state index contributed by atoms with van der Waals surface area (Å²) in [6, 6.07) is 8.13. The average molecular weight is 254 g/mol. The first-order chi connectivity index (χ1) is 9.36. The topological polar surface area (TPSA) is 92.5 Å². The van der Waals surface area contributed by atoms with Crippen LogP contribution in [0.2, 0.25) is 0 Å². The van der Waals surface area contributed by atoms with Crippen LogP contribution in [-0.2, 0) is 6.42 Å². The maximum atomic E-state index is 5.53. The highest BCUT2D eigenvalue weighted by molar-refractivity contribution is 5.84. The quantitative estimate of drug-likeness (QED) is 0.657. The normalized spacial score (nSPS) is 10.8. The molecule has 0 saturated carbocycles. The maximum absolute atomic E-state index is 5.53. The van der Waals surface area contributed by atoms with E-state index in [-0.39, 0.29) is 0 Å². The second kappa shape index (κ2) is 5.03. The summed E-state index contributed by atoms with van der Waals surface area (Å²) < 4.78 is 0. The van der Waals surface area contributed by atoms with E-state index in [0.29, 0.717) is 18.0 Å². The molecule has 0 spiro atoms. The van der Waals surface area contributed by atoms with E-state index in [0.717, 1.165) is 17.6 Å². The molecular weight excluding hydrogens is 240 g/mol. The van der Waals surface area contributed by atoms with Gasteiger partial charge in [0.05, 0.1) is 6.33 Å². The number of H-pyrrole nitrogens is 1. The highest BCUT2D eigenvalue weighted by Gasteiger charge is 2.05. The largest absolute Gasteiger partial charge is 0.340 e. The van der Waals surface area contributed by atoms with Crippen LogP contribution in [0.3, 0.4) is 0 Å². The fraction of sp³-hybridized carbons (Fsp3) is 0.154. The standard InChI is InChI=1S/C13H14N6/c14-6-5-9-1-3-10(4-2-9)19-13-11-12(16-7-15-11)17-8-18-13/h1-4,7-8H,5-6,14H2,(H2,15,16,17,18,19). The Kier molecular flexibility index (Phi) is 3.07. The van der Waals surface area contributed by atoms with Gasteiger partial charge in [-0.25, -0.2) is 15.0 Å². The summed E-state index contributed by atoms with van der Waals surface area (Å²) in [5.74, 6) is 0.717. The van der Waals surface area contributed by atoms with E-state index >= 15 is 0 Å².